The Hall–Kier alpha value is -2.80. The molecule has 21 heavy (non-hydrogen) atoms. The summed E-state index contributed by atoms with van der Waals surface area (Å²) in [5, 5.41) is 15.4. The Kier molecular flexibility index (Phi) is 3.33. The fraction of sp³-hybridized carbons (Fsp3) is 0. The quantitative estimate of drug-likeness (QED) is 0.424. The van der Waals surface area contributed by atoms with Gasteiger partial charge in [-0.15, -0.1) is 4.07 Å². The summed E-state index contributed by atoms with van der Waals surface area (Å²) in [6, 6.07) is 13.3. The molecule has 0 fully saturated rings. The number of nitrogens with zero attached hydrogens (tertiary/aromatic N) is 3. The van der Waals surface area contributed by atoms with Gasteiger partial charge >= 0.3 is 0 Å². The second kappa shape index (κ2) is 5.29. The first-order valence-corrected chi connectivity index (χ1v) is 6.82. The molecule has 0 aliphatic heterocycles. The third-order valence-electron chi connectivity index (χ3n) is 2.87. The molecule has 2 aromatic carbocycles. The molecule has 0 N–H and O–H groups in total. The second-order valence-corrected chi connectivity index (χ2v) is 5.23. The lowest BCUT2D eigenvalue weighted by Crippen LogP contribution is -2.08. The smallest absolute Gasteiger partial charge is 0.266 e. The van der Waals surface area contributed by atoms with E-state index in [1.54, 1.807) is 24.3 Å². The molecule has 3 rings (SSSR count). The molecule has 0 radical (unpaired) electrons. The predicted molar refractivity (Wildman–Crippen MR) is 82.2 cm³/mol. The number of non-ortho nitro benzene ring substituents is 1. The maximum absolute atomic E-state index is 12.1. The van der Waals surface area contributed by atoms with E-state index in [-0.39, 0.29) is 11.2 Å². The van der Waals surface area contributed by atoms with Crippen LogP contribution in [0.25, 0.3) is 10.1 Å². The number of hydrogen-bond donors (Lipinski definition) is 0. The Morgan fingerprint density at radius 1 is 1.19 bits per heavy atom. The van der Waals surface area contributed by atoms with Gasteiger partial charge in [-0.05, 0) is 23.7 Å². The predicted octanol–water partition coefficient (Wildman–Crippen LogP) is 2.85. The van der Waals surface area contributed by atoms with Crippen molar-refractivity contribution in [1.82, 2.24) is 4.07 Å². The van der Waals surface area contributed by atoms with E-state index in [9.17, 15) is 14.9 Å². The molecule has 0 aliphatic rings. The van der Waals surface area contributed by atoms with Gasteiger partial charge in [0.25, 0.3) is 11.2 Å². The first-order valence-electron chi connectivity index (χ1n) is 6.05. The number of benzene rings is 2. The van der Waals surface area contributed by atoms with E-state index in [0.29, 0.717) is 10.9 Å². The van der Waals surface area contributed by atoms with Gasteiger partial charge in [-0.2, -0.15) is 5.10 Å². The molecule has 6 nitrogen and oxygen atoms in total. The molecular formula is C14H9N3O3S. The second-order valence-electron chi connectivity index (χ2n) is 4.26. The van der Waals surface area contributed by atoms with Crippen molar-refractivity contribution in [1.29, 1.82) is 0 Å². The maximum atomic E-state index is 12.1. The molecule has 0 saturated carbocycles. The van der Waals surface area contributed by atoms with Crippen LogP contribution in [0.1, 0.15) is 5.56 Å². The van der Waals surface area contributed by atoms with Crippen LogP contribution in [0.5, 0.6) is 0 Å². The van der Waals surface area contributed by atoms with Crippen LogP contribution in [-0.4, -0.2) is 15.2 Å². The number of nitro groups is 1. The molecule has 1 heterocycles. The maximum Gasteiger partial charge on any atom is 0.289 e. The summed E-state index contributed by atoms with van der Waals surface area (Å²) in [6.07, 6.45) is 1.43. The van der Waals surface area contributed by atoms with Gasteiger partial charge in [-0.1, -0.05) is 24.3 Å². The molecule has 0 aliphatic carbocycles. The molecule has 0 atom stereocenters. The molecule has 1 aromatic heterocycles. The first kappa shape index (κ1) is 13.2. The summed E-state index contributed by atoms with van der Waals surface area (Å²) >= 11 is 1.23. The molecule has 7 heteroatoms. The van der Waals surface area contributed by atoms with Crippen LogP contribution in [-0.2, 0) is 0 Å². The number of rotatable bonds is 3. The summed E-state index contributed by atoms with van der Waals surface area (Å²) < 4.78 is 2.11. The van der Waals surface area contributed by atoms with Crippen LogP contribution in [0, 0.1) is 10.1 Å². The average Bonchev–Trinajstić information content (AvgIpc) is 2.82. The van der Waals surface area contributed by atoms with Crippen LogP contribution in [0.3, 0.4) is 0 Å². The van der Waals surface area contributed by atoms with Gasteiger partial charge in [0.1, 0.15) is 0 Å². The van der Waals surface area contributed by atoms with E-state index in [2.05, 4.69) is 5.10 Å². The fourth-order valence-corrected chi connectivity index (χ4v) is 2.73. The average molecular weight is 299 g/mol. The highest BCUT2D eigenvalue weighted by Gasteiger charge is 2.06. The lowest BCUT2D eigenvalue weighted by Gasteiger charge is -1.93. The third-order valence-corrected chi connectivity index (χ3v) is 3.85. The molecule has 3 aromatic rings. The van der Waals surface area contributed by atoms with Crippen molar-refractivity contribution in [3.05, 3.63) is 74.6 Å². The van der Waals surface area contributed by atoms with Crippen LogP contribution in [0.15, 0.2) is 58.4 Å². The van der Waals surface area contributed by atoms with Gasteiger partial charge in [0, 0.05) is 17.7 Å². The Morgan fingerprint density at radius 3 is 2.76 bits per heavy atom. The zero-order valence-corrected chi connectivity index (χ0v) is 11.5. The van der Waals surface area contributed by atoms with Crippen molar-refractivity contribution in [3.63, 3.8) is 0 Å². The van der Waals surface area contributed by atoms with Gasteiger partial charge in [-0.25, -0.2) is 0 Å². The summed E-state index contributed by atoms with van der Waals surface area (Å²) in [5.74, 6) is 0. The lowest BCUT2D eigenvalue weighted by atomic mass is 10.2. The van der Waals surface area contributed by atoms with Crippen LogP contribution >= 0.6 is 11.5 Å². The highest BCUT2D eigenvalue weighted by Crippen LogP contribution is 2.16. The molecule has 0 spiro atoms. The van der Waals surface area contributed by atoms with Gasteiger partial charge in [0.15, 0.2) is 0 Å². The van der Waals surface area contributed by atoms with E-state index >= 15 is 0 Å². The molecular weight excluding hydrogens is 290 g/mol. The minimum absolute atomic E-state index is 0.0114. The molecule has 0 amide bonds. The monoisotopic (exact) mass is 299 g/mol. The summed E-state index contributed by atoms with van der Waals surface area (Å²) in [5.41, 5.74) is 0.355. The van der Waals surface area contributed by atoms with Crippen LogP contribution in [0.2, 0.25) is 0 Å². The SMILES string of the molecule is O=c1c2ccccc2sn1/N=C/c1cccc([N+](=O)[O-])c1. The van der Waals surface area contributed by atoms with Crippen molar-refractivity contribution in [2.24, 2.45) is 5.10 Å². The first-order chi connectivity index (χ1) is 10.1. The Labute approximate surface area is 122 Å². The van der Waals surface area contributed by atoms with Gasteiger partial charge in [0.2, 0.25) is 0 Å². The number of nitro benzene ring substituents is 1. The summed E-state index contributed by atoms with van der Waals surface area (Å²) in [6.45, 7) is 0. The highest BCUT2D eigenvalue weighted by molar-refractivity contribution is 7.13. The van der Waals surface area contributed by atoms with Gasteiger partial charge in [0.05, 0.1) is 21.2 Å². The lowest BCUT2D eigenvalue weighted by molar-refractivity contribution is -0.384. The van der Waals surface area contributed by atoms with E-state index in [0.717, 1.165) is 4.70 Å². The van der Waals surface area contributed by atoms with Crippen molar-refractivity contribution in [2.45, 2.75) is 0 Å². The van der Waals surface area contributed by atoms with Crippen molar-refractivity contribution in [3.8, 4) is 0 Å². The van der Waals surface area contributed by atoms with Crippen molar-refractivity contribution < 1.29 is 4.92 Å². The molecule has 0 saturated heterocycles. The standard InChI is InChI=1S/C14H9N3O3S/c18-14-12-6-1-2-7-13(12)21-16(14)15-9-10-4-3-5-11(8-10)17(19)20/h1-9H/b15-9+. The van der Waals surface area contributed by atoms with Crippen LogP contribution < -0.4 is 5.56 Å². The van der Waals surface area contributed by atoms with Crippen molar-refractivity contribution >= 4 is 33.5 Å². The van der Waals surface area contributed by atoms with Crippen molar-refractivity contribution in [2.75, 3.05) is 0 Å². The minimum Gasteiger partial charge on any atom is -0.266 e. The highest BCUT2D eigenvalue weighted by atomic mass is 32.1. The number of fused-ring (bicyclic) bond motifs is 1. The fourth-order valence-electron chi connectivity index (χ4n) is 1.87. The zero-order chi connectivity index (χ0) is 14.8. The molecule has 0 bridgehead atoms. The largest absolute Gasteiger partial charge is 0.289 e. The van der Waals surface area contributed by atoms with Gasteiger partial charge < -0.3 is 0 Å². The summed E-state index contributed by atoms with van der Waals surface area (Å²) in [4.78, 5) is 22.3. The van der Waals surface area contributed by atoms with Crippen LogP contribution in [0.4, 0.5) is 5.69 Å². The number of hydrogen-bond acceptors (Lipinski definition) is 5. The minimum atomic E-state index is -0.469. The molecule has 0 unspecified atom stereocenters. The van der Waals surface area contributed by atoms with E-state index < -0.39 is 4.92 Å². The summed E-state index contributed by atoms with van der Waals surface area (Å²) in [7, 11) is 0. The topological polar surface area (TPSA) is 77.5 Å². The van der Waals surface area contributed by atoms with E-state index in [1.807, 2.05) is 12.1 Å². The Bertz CT molecular complexity index is 911. The molecule has 104 valence electrons. The zero-order valence-electron chi connectivity index (χ0n) is 10.7. The Balaban J connectivity index is 1.98. The van der Waals surface area contributed by atoms with E-state index in [1.165, 1.54) is 33.9 Å². The van der Waals surface area contributed by atoms with E-state index in [4.69, 9.17) is 0 Å². The third kappa shape index (κ3) is 2.59. The van der Waals surface area contributed by atoms with Gasteiger partial charge in [-0.3, -0.25) is 14.9 Å². The Morgan fingerprint density at radius 2 is 2.00 bits per heavy atom. The number of aromatic nitrogens is 1. The normalized spacial score (nSPS) is 11.2.